The fourth-order valence-electron chi connectivity index (χ4n) is 1.45. The second-order valence-corrected chi connectivity index (χ2v) is 3.71. The average molecular weight is 227 g/mol. The molecule has 0 bridgehead atoms. The van der Waals surface area contributed by atoms with E-state index in [0.717, 1.165) is 5.56 Å². The summed E-state index contributed by atoms with van der Waals surface area (Å²) in [6.45, 7) is 2.43. The van der Waals surface area contributed by atoms with E-state index in [1.165, 1.54) is 0 Å². The standard InChI is InChI=1S/C15H15O2/c1-13(17-15-10-6-3-7-11-15)16-12-14-8-4-2-5-9-14/h2-10,13H,12H2,1H3. The van der Waals surface area contributed by atoms with Crippen molar-refractivity contribution in [1.29, 1.82) is 0 Å². The number of para-hydroxylation sites is 1. The smallest absolute Gasteiger partial charge is 0.197 e. The first kappa shape index (κ1) is 11.7. The lowest BCUT2D eigenvalue weighted by molar-refractivity contribution is -0.0760. The van der Waals surface area contributed by atoms with Gasteiger partial charge in [-0.15, -0.1) is 0 Å². The Balaban J connectivity index is 1.80. The maximum atomic E-state index is 5.59. The van der Waals surface area contributed by atoms with Crippen LogP contribution < -0.4 is 4.74 Å². The van der Waals surface area contributed by atoms with Crippen LogP contribution in [0, 0.1) is 6.07 Å². The van der Waals surface area contributed by atoms with Gasteiger partial charge in [-0.2, -0.15) is 0 Å². The number of ether oxygens (including phenoxy) is 2. The normalized spacial score (nSPS) is 12.1. The van der Waals surface area contributed by atoms with E-state index in [9.17, 15) is 0 Å². The molecular weight excluding hydrogens is 212 g/mol. The number of hydrogen-bond donors (Lipinski definition) is 0. The van der Waals surface area contributed by atoms with Gasteiger partial charge in [-0.25, -0.2) is 0 Å². The molecule has 17 heavy (non-hydrogen) atoms. The molecule has 1 radical (unpaired) electrons. The van der Waals surface area contributed by atoms with Gasteiger partial charge in [0.15, 0.2) is 6.29 Å². The summed E-state index contributed by atoms with van der Waals surface area (Å²) in [4.78, 5) is 0. The van der Waals surface area contributed by atoms with E-state index in [1.807, 2.05) is 61.5 Å². The molecule has 0 amide bonds. The highest BCUT2D eigenvalue weighted by Crippen LogP contribution is 2.11. The van der Waals surface area contributed by atoms with Crippen molar-refractivity contribution in [2.24, 2.45) is 0 Å². The van der Waals surface area contributed by atoms with Crippen LogP contribution in [0.25, 0.3) is 0 Å². The van der Waals surface area contributed by atoms with Crippen molar-refractivity contribution in [2.45, 2.75) is 19.8 Å². The molecule has 0 fully saturated rings. The first-order valence-electron chi connectivity index (χ1n) is 5.63. The van der Waals surface area contributed by atoms with Gasteiger partial charge in [0, 0.05) is 6.07 Å². The molecule has 0 N–H and O–H groups in total. The Labute approximate surface area is 102 Å². The van der Waals surface area contributed by atoms with Gasteiger partial charge >= 0.3 is 0 Å². The van der Waals surface area contributed by atoms with E-state index in [0.29, 0.717) is 12.4 Å². The highest BCUT2D eigenvalue weighted by atomic mass is 16.7. The second kappa shape index (κ2) is 6.06. The van der Waals surface area contributed by atoms with E-state index >= 15 is 0 Å². The van der Waals surface area contributed by atoms with E-state index in [2.05, 4.69) is 6.07 Å². The van der Waals surface area contributed by atoms with Gasteiger partial charge in [0.25, 0.3) is 0 Å². The minimum atomic E-state index is -0.283. The molecule has 2 heteroatoms. The molecule has 2 rings (SSSR count). The van der Waals surface area contributed by atoms with Crippen molar-refractivity contribution in [3.63, 3.8) is 0 Å². The van der Waals surface area contributed by atoms with Crippen molar-refractivity contribution >= 4 is 0 Å². The molecule has 0 saturated heterocycles. The number of rotatable bonds is 5. The van der Waals surface area contributed by atoms with Crippen LogP contribution in [0.5, 0.6) is 5.75 Å². The lowest BCUT2D eigenvalue weighted by Crippen LogP contribution is -2.16. The minimum Gasteiger partial charge on any atom is -0.465 e. The third kappa shape index (κ3) is 3.93. The van der Waals surface area contributed by atoms with Crippen molar-refractivity contribution in [1.82, 2.24) is 0 Å². The van der Waals surface area contributed by atoms with Crippen molar-refractivity contribution in [2.75, 3.05) is 0 Å². The molecule has 0 saturated carbocycles. The fourth-order valence-corrected chi connectivity index (χ4v) is 1.45. The van der Waals surface area contributed by atoms with Crippen LogP contribution >= 0.6 is 0 Å². The topological polar surface area (TPSA) is 18.5 Å². The lowest BCUT2D eigenvalue weighted by atomic mass is 10.2. The summed E-state index contributed by atoms with van der Waals surface area (Å²) in [5.74, 6) is 0.702. The quantitative estimate of drug-likeness (QED) is 0.728. The van der Waals surface area contributed by atoms with Gasteiger partial charge in [-0.1, -0.05) is 48.5 Å². The van der Waals surface area contributed by atoms with Crippen LogP contribution in [0.4, 0.5) is 0 Å². The van der Waals surface area contributed by atoms with E-state index in [1.54, 1.807) is 0 Å². The third-order valence-electron chi connectivity index (χ3n) is 2.30. The summed E-state index contributed by atoms with van der Waals surface area (Å²) in [5, 5.41) is 0. The molecule has 0 heterocycles. The second-order valence-electron chi connectivity index (χ2n) is 3.71. The van der Waals surface area contributed by atoms with Gasteiger partial charge in [0.2, 0.25) is 0 Å². The molecule has 2 aromatic carbocycles. The third-order valence-corrected chi connectivity index (χ3v) is 2.30. The van der Waals surface area contributed by atoms with Crippen LogP contribution in [0.15, 0.2) is 54.6 Å². The van der Waals surface area contributed by atoms with Crippen LogP contribution in [0.1, 0.15) is 12.5 Å². The van der Waals surface area contributed by atoms with Gasteiger partial charge in [-0.05, 0) is 18.6 Å². The Morgan fingerprint density at radius 2 is 1.82 bits per heavy atom. The largest absolute Gasteiger partial charge is 0.465 e. The van der Waals surface area contributed by atoms with E-state index < -0.39 is 0 Å². The van der Waals surface area contributed by atoms with Crippen LogP contribution in [-0.2, 0) is 11.3 Å². The number of benzene rings is 2. The van der Waals surface area contributed by atoms with Crippen molar-refractivity contribution in [3.8, 4) is 5.75 Å². The SMILES string of the molecule is CC(OCc1ccccc1)Oc1[c]cccc1. The highest BCUT2D eigenvalue weighted by Gasteiger charge is 2.03. The van der Waals surface area contributed by atoms with Crippen LogP contribution in [0.2, 0.25) is 0 Å². The summed E-state index contributed by atoms with van der Waals surface area (Å²) in [5.41, 5.74) is 1.14. The van der Waals surface area contributed by atoms with Gasteiger partial charge in [0.05, 0.1) is 6.61 Å². The zero-order chi connectivity index (χ0) is 11.9. The predicted molar refractivity (Wildman–Crippen MR) is 66.6 cm³/mol. The molecule has 1 unspecified atom stereocenters. The van der Waals surface area contributed by atoms with Gasteiger partial charge < -0.3 is 9.47 Å². The van der Waals surface area contributed by atoms with Gasteiger partial charge in [0.1, 0.15) is 5.75 Å². The monoisotopic (exact) mass is 227 g/mol. The molecule has 0 spiro atoms. The van der Waals surface area contributed by atoms with E-state index in [4.69, 9.17) is 9.47 Å². The average Bonchev–Trinajstić information content (AvgIpc) is 2.39. The van der Waals surface area contributed by atoms with E-state index in [-0.39, 0.29) is 6.29 Å². The molecule has 0 aliphatic carbocycles. The van der Waals surface area contributed by atoms with Crippen molar-refractivity contribution < 1.29 is 9.47 Å². The molecule has 87 valence electrons. The van der Waals surface area contributed by atoms with Crippen molar-refractivity contribution in [3.05, 3.63) is 66.2 Å². The molecule has 2 aromatic rings. The zero-order valence-electron chi connectivity index (χ0n) is 9.80. The van der Waals surface area contributed by atoms with Gasteiger partial charge in [-0.3, -0.25) is 0 Å². The summed E-state index contributed by atoms with van der Waals surface area (Å²) in [6.07, 6.45) is -0.283. The summed E-state index contributed by atoms with van der Waals surface area (Å²) < 4.78 is 11.1. The fraction of sp³-hybridized carbons (Fsp3) is 0.200. The molecule has 2 nitrogen and oxygen atoms in total. The summed E-state index contributed by atoms with van der Waals surface area (Å²) >= 11 is 0. The summed E-state index contributed by atoms with van der Waals surface area (Å²) in [7, 11) is 0. The Kier molecular flexibility index (Phi) is 4.17. The number of hydrogen-bond acceptors (Lipinski definition) is 2. The van der Waals surface area contributed by atoms with Crippen LogP contribution in [-0.4, -0.2) is 6.29 Å². The Morgan fingerprint density at radius 3 is 2.53 bits per heavy atom. The summed E-state index contributed by atoms with van der Waals surface area (Å²) in [6, 6.07) is 20.5. The minimum absolute atomic E-state index is 0.283. The first-order chi connectivity index (χ1) is 8.34. The maximum Gasteiger partial charge on any atom is 0.197 e. The van der Waals surface area contributed by atoms with Crippen LogP contribution in [0.3, 0.4) is 0 Å². The molecule has 1 atom stereocenters. The Bertz CT molecular complexity index is 425. The Morgan fingerprint density at radius 1 is 1.06 bits per heavy atom. The molecule has 0 aromatic heterocycles. The first-order valence-corrected chi connectivity index (χ1v) is 5.63. The molecule has 0 aliphatic rings. The highest BCUT2D eigenvalue weighted by molar-refractivity contribution is 5.19. The molecular formula is C15H15O2. The Hall–Kier alpha value is -1.80. The molecule has 0 aliphatic heterocycles. The maximum absolute atomic E-state index is 5.59. The zero-order valence-corrected chi connectivity index (χ0v) is 9.80. The lowest BCUT2D eigenvalue weighted by Gasteiger charge is -2.15. The predicted octanol–water partition coefficient (Wildman–Crippen LogP) is 3.43.